The Balaban J connectivity index is 1.97. The number of ketones is 1. The first-order valence-corrected chi connectivity index (χ1v) is 7.22. The molecule has 0 saturated heterocycles. The number of allylic oxidation sites excluding steroid dienone is 1. The fourth-order valence-corrected chi connectivity index (χ4v) is 2.94. The summed E-state index contributed by atoms with van der Waals surface area (Å²) in [6.07, 6.45) is 0.862. The molecule has 0 spiro atoms. The first-order chi connectivity index (χ1) is 10.9. The van der Waals surface area contributed by atoms with Gasteiger partial charge in [-0.15, -0.1) is 10.2 Å². The van der Waals surface area contributed by atoms with Crippen LogP contribution >= 0.6 is 0 Å². The number of aromatic nitrogens is 2. The minimum absolute atomic E-state index is 0.184. The van der Waals surface area contributed by atoms with E-state index in [1.165, 1.54) is 13.3 Å². The number of carbonyl (C=O) groups excluding carboxylic acids is 2. The molecular formula is C15H15F2N3O3. The van der Waals surface area contributed by atoms with E-state index in [1.54, 1.807) is 6.07 Å². The van der Waals surface area contributed by atoms with Crippen LogP contribution in [0.2, 0.25) is 0 Å². The van der Waals surface area contributed by atoms with Crippen molar-refractivity contribution in [2.45, 2.75) is 37.5 Å². The molecule has 2 heterocycles. The Morgan fingerprint density at radius 3 is 2.74 bits per heavy atom. The zero-order chi connectivity index (χ0) is 16.6. The first-order valence-electron chi connectivity index (χ1n) is 7.22. The molecule has 0 radical (unpaired) electrons. The normalized spacial score (nSPS) is 23.4. The van der Waals surface area contributed by atoms with Crippen molar-refractivity contribution in [3.63, 3.8) is 0 Å². The summed E-state index contributed by atoms with van der Waals surface area (Å²) in [7, 11) is 1.39. The van der Waals surface area contributed by atoms with E-state index in [1.807, 2.05) is 0 Å². The summed E-state index contributed by atoms with van der Waals surface area (Å²) < 4.78 is 32.1. The van der Waals surface area contributed by atoms with Gasteiger partial charge in [-0.25, -0.2) is 8.78 Å². The summed E-state index contributed by atoms with van der Waals surface area (Å²) in [6.45, 7) is 0. The van der Waals surface area contributed by atoms with Crippen LogP contribution in [-0.4, -0.2) is 34.9 Å². The average Bonchev–Trinajstić information content (AvgIpc) is 2.87. The Hall–Kier alpha value is -2.38. The van der Waals surface area contributed by atoms with E-state index in [0.29, 0.717) is 12.0 Å². The minimum atomic E-state index is -2.70. The van der Waals surface area contributed by atoms with Crippen LogP contribution in [0, 0.1) is 0 Å². The van der Waals surface area contributed by atoms with Crippen LogP contribution in [0.25, 0.3) is 5.57 Å². The lowest BCUT2D eigenvalue weighted by atomic mass is 9.95. The highest BCUT2D eigenvalue weighted by Crippen LogP contribution is 2.46. The lowest BCUT2D eigenvalue weighted by molar-refractivity contribution is -0.125. The van der Waals surface area contributed by atoms with Crippen LogP contribution in [-0.2, 0) is 9.59 Å². The number of nitrogens with one attached hydrogen (secondary N) is 1. The Morgan fingerprint density at radius 2 is 2.13 bits per heavy atom. The summed E-state index contributed by atoms with van der Waals surface area (Å²) >= 11 is 0. The summed E-state index contributed by atoms with van der Waals surface area (Å²) in [5.74, 6) is -3.69. The average molecular weight is 323 g/mol. The summed E-state index contributed by atoms with van der Waals surface area (Å²) in [4.78, 5) is 23.1. The number of Topliss-reactive ketones (excluding diaryl/α,β-unsaturated/α-hetero) is 1. The monoisotopic (exact) mass is 323 g/mol. The molecule has 1 unspecified atom stereocenters. The Morgan fingerprint density at radius 1 is 1.35 bits per heavy atom. The molecule has 8 heteroatoms. The van der Waals surface area contributed by atoms with Crippen molar-refractivity contribution in [1.82, 2.24) is 15.5 Å². The van der Waals surface area contributed by atoms with E-state index in [-0.39, 0.29) is 42.2 Å². The molecule has 6 nitrogen and oxygen atoms in total. The predicted octanol–water partition coefficient (Wildman–Crippen LogP) is 1.82. The molecule has 1 fully saturated rings. The molecule has 0 aromatic carbocycles. The Labute approximate surface area is 130 Å². The summed E-state index contributed by atoms with van der Waals surface area (Å²) in [6, 6.07) is 1.55. The van der Waals surface area contributed by atoms with Crippen molar-refractivity contribution >= 4 is 17.3 Å². The number of rotatable bonds is 3. The van der Waals surface area contributed by atoms with Gasteiger partial charge in [-0.1, -0.05) is 0 Å². The molecular weight excluding hydrogens is 308 g/mol. The predicted molar refractivity (Wildman–Crippen MR) is 75.9 cm³/mol. The molecule has 1 amide bonds. The van der Waals surface area contributed by atoms with Crippen LogP contribution < -0.4 is 10.1 Å². The van der Waals surface area contributed by atoms with Crippen molar-refractivity contribution < 1.29 is 23.1 Å². The number of amides is 1. The molecule has 2 aliphatic rings. The number of hydrogen-bond donors (Lipinski definition) is 1. The molecule has 122 valence electrons. The maximum Gasteiger partial charge on any atom is 0.248 e. The Bertz CT molecular complexity index is 703. The second-order valence-corrected chi connectivity index (χ2v) is 5.72. The fraction of sp³-hybridized carbons (Fsp3) is 0.467. The van der Waals surface area contributed by atoms with Crippen LogP contribution in [0.15, 0.2) is 12.3 Å². The van der Waals surface area contributed by atoms with Crippen molar-refractivity contribution in [3.05, 3.63) is 23.5 Å². The van der Waals surface area contributed by atoms with E-state index < -0.39 is 17.7 Å². The molecule has 1 aliphatic carbocycles. The molecule has 3 rings (SSSR count). The lowest BCUT2D eigenvalue weighted by Gasteiger charge is -2.16. The van der Waals surface area contributed by atoms with Crippen LogP contribution in [0.5, 0.6) is 5.88 Å². The van der Waals surface area contributed by atoms with Crippen molar-refractivity contribution in [3.8, 4) is 5.88 Å². The molecule has 0 bridgehead atoms. The van der Waals surface area contributed by atoms with E-state index in [0.717, 1.165) is 0 Å². The maximum absolute atomic E-state index is 13.5. The Kier molecular flexibility index (Phi) is 3.83. The van der Waals surface area contributed by atoms with Gasteiger partial charge >= 0.3 is 0 Å². The van der Waals surface area contributed by atoms with Gasteiger partial charge in [0.1, 0.15) is 0 Å². The first kappa shape index (κ1) is 15.5. The van der Waals surface area contributed by atoms with Crippen LogP contribution in [0.3, 0.4) is 0 Å². The highest BCUT2D eigenvalue weighted by molar-refractivity contribution is 6.27. The third kappa shape index (κ3) is 3.06. The topological polar surface area (TPSA) is 81.2 Å². The van der Waals surface area contributed by atoms with Gasteiger partial charge in [-0.05, 0) is 18.4 Å². The van der Waals surface area contributed by atoms with Gasteiger partial charge in [-0.3, -0.25) is 9.59 Å². The highest BCUT2D eigenvalue weighted by atomic mass is 19.3. The van der Waals surface area contributed by atoms with Gasteiger partial charge in [0.25, 0.3) is 0 Å². The third-order valence-corrected chi connectivity index (χ3v) is 4.10. The quantitative estimate of drug-likeness (QED) is 0.858. The van der Waals surface area contributed by atoms with Gasteiger partial charge < -0.3 is 10.1 Å². The molecule has 1 saturated carbocycles. The largest absolute Gasteiger partial charge is 0.480 e. The molecule has 23 heavy (non-hydrogen) atoms. The van der Waals surface area contributed by atoms with Gasteiger partial charge in [0.2, 0.25) is 17.7 Å². The van der Waals surface area contributed by atoms with E-state index in [4.69, 9.17) is 4.74 Å². The SMILES string of the molecule is COc1nnc(C2=CNC(=O)CC2=O)cc1C1CCC(F)(F)C1. The molecule has 1 atom stereocenters. The summed E-state index contributed by atoms with van der Waals surface area (Å²) in [5, 5.41) is 10.3. The summed E-state index contributed by atoms with van der Waals surface area (Å²) in [5.41, 5.74) is 0.979. The fourth-order valence-electron chi connectivity index (χ4n) is 2.94. The van der Waals surface area contributed by atoms with Crippen LogP contribution in [0.1, 0.15) is 42.9 Å². The van der Waals surface area contributed by atoms with E-state index in [9.17, 15) is 18.4 Å². The zero-order valence-corrected chi connectivity index (χ0v) is 12.4. The smallest absolute Gasteiger partial charge is 0.248 e. The van der Waals surface area contributed by atoms with Gasteiger partial charge in [0.15, 0.2) is 5.78 Å². The standard InChI is InChI=1S/C15H15F2N3O3/c1-23-14-9(8-2-3-15(16,17)6-8)4-11(19-20-14)10-7-18-13(22)5-12(10)21/h4,7-8H,2-3,5-6H2,1H3,(H,18,22). The van der Waals surface area contributed by atoms with E-state index >= 15 is 0 Å². The molecule has 1 N–H and O–H groups in total. The maximum atomic E-state index is 13.5. The number of halogens is 2. The number of ether oxygens (including phenoxy) is 1. The molecule has 1 aromatic heterocycles. The lowest BCUT2D eigenvalue weighted by Crippen LogP contribution is -2.27. The second kappa shape index (κ2) is 5.68. The van der Waals surface area contributed by atoms with Gasteiger partial charge in [-0.2, -0.15) is 0 Å². The van der Waals surface area contributed by atoms with E-state index in [2.05, 4.69) is 15.5 Å². The second-order valence-electron chi connectivity index (χ2n) is 5.72. The number of nitrogens with zero attached hydrogens (tertiary/aromatic N) is 2. The zero-order valence-electron chi connectivity index (χ0n) is 12.4. The number of alkyl halides is 2. The van der Waals surface area contributed by atoms with Gasteiger partial charge in [0.05, 0.1) is 24.8 Å². The number of hydrogen-bond acceptors (Lipinski definition) is 5. The molecule has 1 aliphatic heterocycles. The van der Waals surface area contributed by atoms with Crippen molar-refractivity contribution in [1.29, 1.82) is 0 Å². The van der Waals surface area contributed by atoms with Crippen LogP contribution in [0.4, 0.5) is 8.78 Å². The minimum Gasteiger partial charge on any atom is -0.480 e. The molecule has 1 aromatic rings. The van der Waals surface area contributed by atoms with Crippen molar-refractivity contribution in [2.24, 2.45) is 0 Å². The van der Waals surface area contributed by atoms with Crippen molar-refractivity contribution in [2.75, 3.05) is 7.11 Å². The third-order valence-electron chi connectivity index (χ3n) is 4.10. The van der Waals surface area contributed by atoms with Gasteiger partial charge in [0, 0.05) is 24.6 Å². The number of carbonyl (C=O) groups is 2. The highest BCUT2D eigenvalue weighted by Gasteiger charge is 2.41. The number of methoxy groups -OCH3 is 1.